The van der Waals surface area contributed by atoms with E-state index in [-0.39, 0.29) is 12.4 Å². The number of pyridine rings is 1. The van der Waals surface area contributed by atoms with Gasteiger partial charge in [0.05, 0.1) is 6.10 Å². The molecule has 1 amide bonds. The first-order valence-corrected chi connectivity index (χ1v) is 5.10. The lowest BCUT2D eigenvalue weighted by Gasteiger charge is -2.05. The maximum Gasteiger partial charge on any atom is 0.310 e. The molecule has 2 heterocycles. The van der Waals surface area contributed by atoms with Crippen molar-refractivity contribution in [2.24, 2.45) is 0 Å². The molecule has 0 aliphatic heterocycles. The lowest BCUT2D eigenvalue weighted by atomic mass is 10.3. The van der Waals surface area contributed by atoms with Gasteiger partial charge in [-0.15, -0.1) is 0 Å². The molecule has 0 fully saturated rings. The molecule has 2 aromatic rings. The van der Waals surface area contributed by atoms with Gasteiger partial charge in [-0.25, -0.2) is 5.48 Å². The summed E-state index contributed by atoms with van der Waals surface area (Å²) in [5.74, 6) is -0.361. The van der Waals surface area contributed by atoms with Crippen molar-refractivity contribution in [2.75, 3.05) is 6.61 Å². The van der Waals surface area contributed by atoms with Gasteiger partial charge in [0.2, 0.25) is 0 Å². The fraction of sp³-hybridized carbons (Fsp3) is 0.273. The molecule has 0 radical (unpaired) electrons. The second kappa shape index (κ2) is 4.94. The molecular formula is C11H12N2O4. The van der Waals surface area contributed by atoms with Crippen LogP contribution in [-0.4, -0.2) is 28.7 Å². The van der Waals surface area contributed by atoms with Crippen molar-refractivity contribution in [1.29, 1.82) is 0 Å². The van der Waals surface area contributed by atoms with Crippen molar-refractivity contribution in [3.8, 4) is 0 Å². The van der Waals surface area contributed by atoms with Crippen LogP contribution < -0.4 is 5.48 Å². The normalized spacial score (nSPS) is 12.6. The highest BCUT2D eigenvalue weighted by Crippen LogP contribution is 2.17. The van der Waals surface area contributed by atoms with Gasteiger partial charge in [0.15, 0.2) is 5.76 Å². The topological polar surface area (TPSA) is 84.6 Å². The number of carbonyl (C=O) groups is 1. The van der Waals surface area contributed by atoms with Crippen molar-refractivity contribution in [3.05, 3.63) is 30.3 Å². The minimum Gasteiger partial charge on any atom is -0.451 e. The van der Waals surface area contributed by atoms with Crippen LogP contribution in [-0.2, 0) is 4.84 Å². The van der Waals surface area contributed by atoms with Gasteiger partial charge in [0.1, 0.15) is 12.2 Å². The van der Waals surface area contributed by atoms with Gasteiger partial charge < -0.3 is 9.52 Å². The largest absolute Gasteiger partial charge is 0.451 e. The molecule has 1 atom stereocenters. The van der Waals surface area contributed by atoms with Gasteiger partial charge in [-0.2, -0.15) is 0 Å². The lowest BCUT2D eigenvalue weighted by molar-refractivity contribution is -0.00805. The fourth-order valence-corrected chi connectivity index (χ4v) is 1.27. The van der Waals surface area contributed by atoms with Crippen LogP contribution in [0.25, 0.3) is 11.0 Å². The van der Waals surface area contributed by atoms with Gasteiger partial charge in [0.25, 0.3) is 0 Å². The first-order valence-electron chi connectivity index (χ1n) is 5.10. The number of fused-ring (bicyclic) bond motifs is 1. The second-order valence-electron chi connectivity index (χ2n) is 3.62. The third-order valence-electron chi connectivity index (χ3n) is 2.03. The lowest BCUT2D eigenvalue weighted by Crippen LogP contribution is -2.27. The molecule has 0 saturated carbocycles. The third-order valence-corrected chi connectivity index (χ3v) is 2.03. The summed E-state index contributed by atoms with van der Waals surface area (Å²) in [7, 11) is 0. The van der Waals surface area contributed by atoms with Gasteiger partial charge in [-0.3, -0.25) is 14.6 Å². The Bertz CT molecular complexity index is 488. The van der Waals surface area contributed by atoms with Crippen molar-refractivity contribution >= 4 is 16.9 Å². The number of rotatable bonds is 4. The summed E-state index contributed by atoms with van der Waals surface area (Å²) in [5, 5.41) is 9.69. The van der Waals surface area contributed by atoms with Crippen LogP contribution in [0.3, 0.4) is 0 Å². The molecule has 0 aliphatic rings. The molecule has 0 aromatic carbocycles. The molecular weight excluding hydrogens is 224 g/mol. The van der Waals surface area contributed by atoms with E-state index in [1.807, 2.05) is 0 Å². The molecule has 90 valence electrons. The Labute approximate surface area is 97.2 Å². The summed E-state index contributed by atoms with van der Waals surface area (Å²) in [4.78, 5) is 20.3. The second-order valence-corrected chi connectivity index (χ2v) is 3.62. The molecule has 0 spiro atoms. The van der Waals surface area contributed by atoms with Gasteiger partial charge in [0, 0.05) is 17.8 Å². The van der Waals surface area contributed by atoms with E-state index in [4.69, 9.17) is 14.4 Å². The van der Waals surface area contributed by atoms with Crippen LogP contribution in [0.2, 0.25) is 0 Å². The summed E-state index contributed by atoms with van der Waals surface area (Å²) in [6.45, 7) is 1.58. The standard InChI is InChI=1S/C11H12N2O4/c1-7(14)6-16-13-11(15)10-4-8-5-12-3-2-9(8)17-10/h2-5,7,14H,6H2,1H3,(H,13,15)/t7-/m0/s1. The minimum absolute atomic E-state index is 0.0214. The molecule has 2 rings (SSSR count). The van der Waals surface area contributed by atoms with Gasteiger partial charge in [-0.05, 0) is 19.1 Å². The Morgan fingerprint density at radius 2 is 2.53 bits per heavy atom. The first kappa shape index (κ1) is 11.6. The summed E-state index contributed by atoms with van der Waals surface area (Å²) in [5.41, 5.74) is 2.76. The van der Waals surface area contributed by atoms with E-state index in [1.54, 1.807) is 31.5 Å². The summed E-state index contributed by atoms with van der Waals surface area (Å²) in [6, 6.07) is 3.24. The minimum atomic E-state index is -0.643. The van der Waals surface area contributed by atoms with E-state index < -0.39 is 12.0 Å². The van der Waals surface area contributed by atoms with Crippen molar-refractivity contribution in [2.45, 2.75) is 13.0 Å². The number of nitrogens with one attached hydrogen (secondary N) is 1. The number of aliphatic hydroxyl groups is 1. The van der Waals surface area contributed by atoms with Gasteiger partial charge >= 0.3 is 5.91 Å². The Balaban J connectivity index is 2.04. The van der Waals surface area contributed by atoms with Crippen molar-refractivity contribution < 1.29 is 19.2 Å². The van der Waals surface area contributed by atoms with E-state index in [1.165, 1.54) is 0 Å². The SMILES string of the molecule is C[C@H](O)CONC(=O)c1cc2cnccc2o1. The maximum absolute atomic E-state index is 11.6. The quantitative estimate of drug-likeness (QED) is 0.769. The highest BCUT2D eigenvalue weighted by molar-refractivity contribution is 5.95. The van der Waals surface area contributed by atoms with Crippen LogP contribution in [0.4, 0.5) is 0 Å². The number of amides is 1. The van der Waals surface area contributed by atoms with E-state index >= 15 is 0 Å². The number of aliphatic hydroxyl groups excluding tert-OH is 1. The first-order chi connectivity index (χ1) is 8.16. The molecule has 0 aliphatic carbocycles. The molecule has 6 nitrogen and oxygen atoms in total. The fourth-order valence-electron chi connectivity index (χ4n) is 1.27. The third kappa shape index (κ3) is 2.80. The van der Waals surface area contributed by atoms with Crippen molar-refractivity contribution in [3.63, 3.8) is 0 Å². The Kier molecular flexibility index (Phi) is 3.36. The van der Waals surface area contributed by atoms with E-state index in [0.717, 1.165) is 5.39 Å². The number of hydrogen-bond acceptors (Lipinski definition) is 5. The number of furan rings is 1. The predicted octanol–water partition coefficient (Wildman–Crippen LogP) is 0.870. The Morgan fingerprint density at radius 1 is 1.71 bits per heavy atom. The van der Waals surface area contributed by atoms with Crippen LogP contribution >= 0.6 is 0 Å². The van der Waals surface area contributed by atoms with E-state index in [9.17, 15) is 4.79 Å². The molecule has 0 saturated heterocycles. The highest BCUT2D eigenvalue weighted by Gasteiger charge is 2.12. The van der Waals surface area contributed by atoms with Crippen LogP contribution in [0.15, 0.2) is 28.9 Å². The average molecular weight is 236 g/mol. The molecule has 6 heteroatoms. The number of hydroxylamine groups is 1. The maximum atomic E-state index is 11.6. The highest BCUT2D eigenvalue weighted by atomic mass is 16.7. The zero-order chi connectivity index (χ0) is 12.3. The molecule has 0 unspecified atom stereocenters. The average Bonchev–Trinajstić information content (AvgIpc) is 2.71. The summed E-state index contributed by atoms with van der Waals surface area (Å²) >= 11 is 0. The zero-order valence-electron chi connectivity index (χ0n) is 9.21. The van der Waals surface area contributed by atoms with E-state index in [2.05, 4.69) is 10.5 Å². The summed E-state index contributed by atoms with van der Waals surface area (Å²) < 4.78 is 5.29. The molecule has 17 heavy (non-hydrogen) atoms. The van der Waals surface area contributed by atoms with Crippen LogP contribution in [0.5, 0.6) is 0 Å². The van der Waals surface area contributed by atoms with E-state index in [0.29, 0.717) is 5.58 Å². The Hall–Kier alpha value is -1.92. The molecule has 2 N–H and O–H groups in total. The van der Waals surface area contributed by atoms with Crippen LogP contribution in [0.1, 0.15) is 17.5 Å². The summed E-state index contributed by atoms with van der Waals surface area (Å²) in [6.07, 6.45) is 2.54. The smallest absolute Gasteiger partial charge is 0.310 e. The number of nitrogens with zero attached hydrogens (tertiary/aromatic N) is 1. The predicted molar refractivity (Wildman–Crippen MR) is 59.1 cm³/mol. The number of carbonyl (C=O) groups excluding carboxylic acids is 1. The van der Waals surface area contributed by atoms with Gasteiger partial charge in [-0.1, -0.05) is 0 Å². The van der Waals surface area contributed by atoms with Crippen LogP contribution in [0, 0.1) is 0 Å². The Morgan fingerprint density at radius 3 is 3.24 bits per heavy atom. The molecule has 0 bridgehead atoms. The zero-order valence-corrected chi connectivity index (χ0v) is 9.21. The number of hydrogen-bond donors (Lipinski definition) is 2. The monoisotopic (exact) mass is 236 g/mol. The van der Waals surface area contributed by atoms with Crippen molar-refractivity contribution in [1.82, 2.24) is 10.5 Å². The molecule has 2 aromatic heterocycles. The number of aromatic nitrogens is 1.